The maximum absolute atomic E-state index is 13.0. The number of carboxylic acid groups (broad SMARTS) is 1. The number of carboxylic acids is 1. The standard InChI is InChI=1S/C15H13F2NO3/c16-12-6-5-10(9-13(12)17)18-7-8-21-14-4-2-1-3-11(14)15(19)20/h1-6,9,18H,7-8H2,(H,19,20). The number of aromatic carboxylic acids is 1. The van der Waals surface area contributed by atoms with Gasteiger partial charge in [0.25, 0.3) is 0 Å². The van der Waals surface area contributed by atoms with Crippen LogP contribution in [0, 0.1) is 11.6 Å². The smallest absolute Gasteiger partial charge is 0.339 e. The second kappa shape index (κ2) is 6.69. The molecule has 0 aliphatic rings. The first-order valence-corrected chi connectivity index (χ1v) is 6.22. The van der Waals surface area contributed by atoms with E-state index in [2.05, 4.69) is 5.32 Å². The number of carbonyl (C=O) groups is 1. The fourth-order valence-corrected chi connectivity index (χ4v) is 1.73. The topological polar surface area (TPSA) is 58.6 Å². The predicted molar refractivity (Wildman–Crippen MR) is 73.7 cm³/mol. The van der Waals surface area contributed by atoms with Crippen LogP contribution in [0.5, 0.6) is 5.75 Å². The first-order valence-electron chi connectivity index (χ1n) is 6.22. The minimum atomic E-state index is -1.07. The van der Waals surface area contributed by atoms with Gasteiger partial charge in [-0.15, -0.1) is 0 Å². The van der Waals surface area contributed by atoms with Crippen molar-refractivity contribution in [1.82, 2.24) is 0 Å². The fourth-order valence-electron chi connectivity index (χ4n) is 1.73. The van der Waals surface area contributed by atoms with Crippen molar-refractivity contribution in [2.75, 3.05) is 18.5 Å². The lowest BCUT2D eigenvalue weighted by Gasteiger charge is -2.10. The van der Waals surface area contributed by atoms with E-state index in [1.54, 1.807) is 18.2 Å². The fraction of sp³-hybridized carbons (Fsp3) is 0.133. The van der Waals surface area contributed by atoms with E-state index >= 15 is 0 Å². The zero-order valence-corrected chi connectivity index (χ0v) is 11.0. The van der Waals surface area contributed by atoms with Crippen molar-refractivity contribution in [3.05, 3.63) is 59.7 Å². The SMILES string of the molecule is O=C(O)c1ccccc1OCCNc1ccc(F)c(F)c1. The molecule has 2 aromatic rings. The lowest BCUT2D eigenvalue weighted by molar-refractivity contribution is 0.0692. The molecular weight excluding hydrogens is 280 g/mol. The van der Waals surface area contributed by atoms with Crippen molar-refractivity contribution in [3.8, 4) is 5.75 Å². The van der Waals surface area contributed by atoms with Crippen molar-refractivity contribution in [3.63, 3.8) is 0 Å². The molecule has 0 unspecified atom stereocenters. The van der Waals surface area contributed by atoms with Crippen LogP contribution >= 0.6 is 0 Å². The van der Waals surface area contributed by atoms with Crippen LogP contribution in [0.3, 0.4) is 0 Å². The van der Waals surface area contributed by atoms with Gasteiger partial charge in [0.15, 0.2) is 11.6 Å². The third-order valence-corrected chi connectivity index (χ3v) is 2.73. The number of hydrogen-bond donors (Lipinski definition) is 2. The zero-order chi connectivity index (χ0) is 15.2. The molecule has 0 bridgehead atoms. The molecule has 110 valence electrons. The van der Waals surface area contributed by atoms with Crippen LogP contribution in [0.25, 0.3) is 0 Å². The van der Waals surface area contributed by atoms with E-state index in [1.807, 2.05) is 0 Å². The summed E-state index contributed by atoms with van der Waals surface area (Å²) in [5.41, 5.74) is 0.495. The molecule has 0 fully saturated rings. The quantitative estimate of drug-likeness (QED) is 0.803. The molecule has 0 atom stereocenters. The Morgan fingerprint density at radius 1 is 1.14 bits per heavy atom. The van der Waals surface area contributed by atoms with Crippen LogP contribution in [0.4, 0.5) is 14.5 Å². The average Bonchev–Trinajstić information content (AvgIpc) is 2.47. The maximum atomic E-state index is 13.0. The Hall–Kier alpha value is -2.63. The average molecular weight is 293 g/mol. The monoisotopic (exact) mass is 293 g/mol. The molecule has 0 aliphatic carbocycles. The van der Waals surface area contributed by atoms with Crippen molar-refractivity contribution < 1.29 is 23.4 Å². The lowest BCUT2D eigenvalue weighted by atomic mass is 10.2. The van der Waals surface area contributed by atoms with Crippen LogP contribution in [-0.2, 0) is 0 Å². The largest absolute Gasteiger partial charge is 0.491 e. The molecule has 0 saturated heterocycles. The Balaban J connectivity index is 1.87. The van der Waals surface area contributed by atoms with Gasteiger partial charge in [0, 0.05) is 18.3 Å². The Bertz CT molecular complexity index is 647. The highest BCUT2D eigenvalue weighted by Gasteiger charge is 2.09. The third-order valence-electron chi connectivity index (χ3n) is 2.73. The molecule has 21 heavy (non-hydrogen) atoms. The zero-order valence-electron chi connectivity index (χ0n) is 11.0. The number of anilines is 1. The highest BCUT2D eigenvalue weighted by atomic mass is 19.2. The number of hydrogen-bond acceptors (Lipinski definition) is 3. The van der Waals surface area contributed by atoms with E-state index in [4.69, 9.17) is 9.84 Å². The lowest BCUT2D eigenvalue weighted by Crippen LogP contribution is -2.13. The normalized spacial score (nSPS) is 10.2. The van der Waals surface area contributed by atoms with E-state index in [1.165, 1.54) is 12.1 Å². The first kappa shape index (κ1) is 14.8. The van der Waals surface area contributed by atoms with Gasteiger partial charge in [0.1, 0.15) is 17.9 Å². The summed E-state index contributed by atoms with van der Waals surface area (Å²) in [5.74, 6) is -2.65. The van der Waals surface area contributed by atoms with Gasteiger partial charge in [0.05, 0.1) is 0 Å². The van der Waals surface area contributed by atoms with E-state index in [0.717, 1.165) is 12.1 Å². The van der Waals surface area contributed by atoms with Gasteiger partial charge < -0.3 is 15.2 Å². The van der Waals surface area contributed by atoms with E-state index in [0.29, 0.717) is 12.2 Å². The number of ether oxygens (including phenoxy) is 1. The summed E-state index contributed by atoms with van der Waals surface area (Å²) in [6.45, 7) is 0.502. The molecular formula is C15H13F2NO3. The minimum absolute atomic E-state index is 0.0744. The molecule has 0 heterocycles. The Morgan fingerprint density at radius 3 is 2.62 bits per heavy atom. The molecule has 0 spiro atoms. The highest BCUT2D eigenvalue weighted by molar-refractivity contribution is 5.90. The molecule has 4 nitrogen and oxygen atoms in total. The number of benzene rings is 2. The van der Waals surface area contributed by atoms with Crippen LogP contribution in [0.1, 0.15) is 10.4 Å². The molecule has 0 aliphatic heterocycles. The molecule has 2 N–H and O–H groups in total. The first-order chi connectivity index (χ1) is 10.1. The van der Waals surface area contributed by atoms with Crippen LogP contribution < -0.4 is 10.1 Å². The Morgan fingerprint density at radius 2 is 1.90 bits per heavy atom. The minimum Gasteiger partial charge on any atom is -0.491 e. The van der Waals surface area contributed by atoms with E-state index < -0.39 is 17.6 Å². The Labute approximate surface area is 120 Å². The molecule has 0 saturated carbocycles. The molecule has 0 aromatic heterocycles. The van der Waals surface area contributed by atoms with Crippen molar-refractivity contribution in [2.24, 2.45) is 0 Å². The molecule has 2 aromatic carbocycles. The van der Waals surface area contributed by atoms with Gasteiger partial charge in [-0.1, -0.05) is 12.1 Å². The second-order valence-corrected chi connectivity index (χ2v) is 4.21. The van der Waals surface area contributed by atoms with Gasteiger partial charge >= 0.3 is 5.97 Å². The highest BCUT2D eigenvalue weighted by Crippen LogP contribution is 2.18. The van der Waals surface area contributed by atoms with Crippen LogP contribution in [-0.4, -0.2) is 24.2 Å². The molecule has 2 rings (SSSR count). The van der Waals surface area contributed by atoms with Gasteiger partial charge in [-0.2, -0.15) is 0 Å². The van der Waals surface area contributed by atoms with Gasteiger partial charge in [0.2, 0.25) is 0 Å². The van der Waals surface area contributed by atoms with Gasteiger partial charge in [-0.25, -0.2) is 13.6 Å². The van der Waals surface area contributed by atoms with Gasteiger partial charge in [-0.3, -0.25) is 0 Å². The Kier molecular flexibility index (Phi) is 4.71. The summed E-state index contributed by atoms with van der Waals surface area (Å²) in [6.07, 6.45) is 0. The number of para-hydroxylation sites is 1. The number of nitrogens with one attached hydrogen (secondary N) is 1. The predicted octanol–water partition coefficient (Wildman–Crippen LogP) is 3.15. The summed E-state index contributed by atoms with van der Waals surface area (Å²) in [6, 6.07) is 9.75. The molecule has 0 radical (unpaired) electrons. The van der Waals surface area contributed by atoms with Crippen molar-refractivity contribution in [1.29, 1.82) is 0 Å². The molecule has 0 amide bonds. The third kappa shape index (κ3) is 3.92. The summed E-state index contributed by atoms with van der Waals surface area (Å²) in [7, 11) is 0. The van der Waals surface area contributed by atoms with Gasteiger partial charge in [-0.05, 0) is 24.3 Å². The van der Waals surface area contributed by atoms with Crippen molar-refractivity contribution in [2.45, 2.75) is 0 Å². The van der Waals surface area contributed by atoms with Crippen molar-refractivity contribution >= 4 is 11.7 Å². The van der Waals surface area contributed by atoms with E-state index in [-0.39, 0.29) is 17.9 Å². The number of halogens is 2. The summed E-state index contributed by atoms with van der Waals surface area (Å²) in [4.78, 5) is 11.0. The van der Waals surface area contributed by atoms with Crippen LogP contribution in [0.15, 0.2) is 42.5 Å². The van der Waals surface area contributed by atoms with Crippen LogP contribution in [0.2, 0.25) is 0 Å². The summed E-state index contributed by atoms with van der Waals surface area (Å²) >= 11 is 0. The van der Waals surface area contributed by atoms with E-state index in [9.17, 15) is 13.6 Å². The second-order valence-electron chi connectivity index (χ2n) is 4.21. The molecule has 6 heteroatoms. The maximum Gasteiger partial charge on any atom is 0.339 e. The number of rotatable bonds is 6. The summed E-state index contributed by atoms with van der Waals surface area (Å²) in [5, 5.41) is 11.8. The summed E-state index contributed by atoms with van der Waals surface area (Å²) < 4.78 is 31.1.